The Morgan fingerprint density at radius 3 is 2.87 bits per heavy atom. The van der Waals surface area contributed by atoms with Crippen molar-refractivity contribution in [2.45, 2.75) is 25.0 Å². The van der Waals surface area contributed by atoms with E-state index < -0.39 is 23.4 Å². The van der Waals surface area contributed by atoms with Crippen LogP contribution >= 0.6 is 0 Å². The molecule has 0 fully saturated rings. The minimum Gasteiger partial charge on any atom is -0.396 e. The summed E-state index contributed by atoms with van der Waals surface area (Å²) in [6.07, 6.45) is 1.33. The van der Waals surface area contributed by atoms with E-state index in [0.717, 1.165) is 5.56 Å². The fourth-order valence-electron chi connectivity index (χ4n) is 4.00. The van der Waals surface area contributed by atoms with Crippen LogP contribution in [-0.4, -0.2) is 36.7 Å². The molecule has 9 nitrogen and oxygen atoms in total. The average molecular weight is 422 g/mol. The van der Waals surface area contributed by atoms with E-state index in [1.165, 1.54) is 18.5 Å². The molecule has 0 saturated carbocycles. The number of benzene rings is 2. The molecule has 2 aromatic carbocycles. The van der Waals surface area contributed by atoms with E-state index in [0.29, 0.717) is 35.6 Å². The molecule has 0 saturated heterocycles. The van der Waals surface area contributed by atoms with Crippen LogP contribution in [-0.2, 0) is 11.4 Å². The summed E-state index contributed by atoms with van der Waals surface area (Å²) in [5.41, 5.74) is 3.97. The monoisotopic (exact) mass is 422 g/mol. The first kappa shape index (κ1) is 19.3. The van der Waals surface area contributed by atoms with Crippen molar-refractivity contribution in [3.8, 4) is 0 Å². The first-order valence-electron chi connectivity index (χ1n) is 9.84. The van der Waals surface area contributed by atoms with Crippen LogP contribution in [0.25, 0.3) is 10.8 Å². The highest BCUT2D eigenvalue weighted by Crippen LogP contribution is 2.44. The van der Waals surface area contributed by atoms with E-state index in [-0.39, 0.29) is 12.0 Å². The molecule has 0 spiro atoms. The van der Waals surface area contributed by atoms with Crippen LogP contribution in [0.3, 0.4) is 0 Å². The zero-order valence-corrected chi connectivity index (χ0v) is 16.3. The number of H-pyrrole nitrogens is 1. The first-order valence-corrected chi connectivity index (χ1v) is 9.84. The zero-order chi connectivity index (χ0) is 21.4. The lowest BCUT2D eigenvalue weighted by Crippen LogP contribution is -2.23. The highest BCUT2D eigenvalue weighted by atomic mass is 19.1. The van der Waals surface area contributed by atoms with Crippen LogP contribution in [0.4, 0.5) is 10.1 Å². The number of nitrogens with zero attached hydrogens (tertiary/aromatic N) is 4. The Labute approximate surface area is 175 Å². The molecule has 2 unspecified atom stereocenters. The van der Waals surface area contributed by atoms with Crippen molar-refractivity contribution < 1.29 is 14.3 Å². The van der Waals surface area contributed by atoms with Crippen molar-refractivity contribution in [1.82, 2.24) is 25.0 Å². The maximum atomic E-state index is 14.2. The molecule has 31 heavy (non-hydrogen) atoms. The minimum absolute atomic E-state index is 0.00734. The summed E-state index contributed by atoms with van der Waals surface area (Å²) in [7, 11) is 0. The summed E-state index contributed by atoms with van der Waals surface area (Å²) in [4.78, 5) is 22.9. The number of aromatic amines is 1. The van der Waals surface area contributed by atoms with Crippen molar-refractivity contribution in [3.63, 3.8) is 0 Å². The van der Waals surface area contributed by atoms with E-state index in [9.17, 15) is 14.3 Å². The highest BCUT2D eigenvalue weighted by molar-refractivity contribution is 5.95. The Morgan fingerprint density at radius 1 is 1.23 bits per heavy atom. The normalized spacial score (nSPS) is 18.0. The molecule has 1 aliphatic rings. The number of aromatic nitrogens is 5. The number of nitrogens with one attached hydrogen (secondary N) is 2. The van der Waals surface area contributed by atoms with Crippen LogP contribution < -0.4 is 11.0 Å². The molecule has 1 aliphatic heterocycles. The van der Waals surface area contributed by atoms with Gasteiger partial charge in [0, 0.05) is 18.5 Å². The lowest BCUT2D eigenvalue weighted by molar-refractivity contribution is 0.0844. The van der Waals surface area contributed by atoms with Crippen LogP contribution in [0, 0.1) is 5.82 Å². The molecule has 3 N–H and O–H groups in total. The van der Waals surface area contributed by atoms with Gasteiger partial charge in [0.05, 0.1) is 22.7 Å². The third kappa shape index (κ3) is 3.35. The molecule has 2 aromatic heterocycles. The van der Waals surface area contributed by atoms with Gasteiger partial charge in [0.2, 0.25) is 0 Å². The Balaban J connectivity index is 1.78. The van der Waals surface area contributed by atoms with Crippen LogP contribution in [0.15, 0.2) is 53.6 Å². The molecule has 0 radical (unpaired) electrons. The van der Waals surface area contributed by atoms with Crippen molar-refractivity contribution >= 4 is 16.5 Å². The lowest BCUT2D eigenvalue weighted by atomic mass is 9.89. The second-order valence-electron chi connectivity index (χ2n) is 7.26. The van der Waals surface area contributed by atoms with Gasteiger partial charge in [-0.1, -0.05) is 30.3 Å². The topological polar surface area (TPSA) is 118 Å². The van der Waals surface area contributed by atoms with Gasteiger partial charge in [-0.3, -0.25) is 15.1 Å². The number of aryl methyl sites for hydroxylation is 1. The number of hydrogen-bond donors (Lipinski definition) is 3. The number of aliphatic hydroxyl groups excluding tert-OH is 1. The SMILES string of the molecule is O=c1[nH]nc2c3c(cc(F)cc13)NOC(c1ccccc1)C2c1ncnn1CCCO. The first-order chi connectivity index (χ1) is 15.2. The lowest BCUT2D eigenvalue weighted by Gasteiger charge is -2.24. The minimum atomic E-state index is -0.602. The van der Waals surface area contributed by atoms with E-state index in [2.05, 4.69) is 25.8 Å². The number of hydrogen-bond acceptors (Lipinski definition) is 7. The highest BCUT2D eigenvalue weighted by Gasteiger charge is 2.37. The number of rotatable bonds is 5. The maximum Gasteiger partial charge on any atom is 0.272 e. The van der Waals surface area contributed by atoms with Crippen molar-refractivity contribution in [1.29, 1.82) is 0 Å². The predicted molar refractivity (Wildman–Crippen MR) is 110 cm³/mol. The largest absolute Gasteiger partial charge is 0.396 e. The maximum absolute atomic E-state index is 14.2. The van der Waals surface area contributed by atoms with Crippen LogP contribution in [0.2, 0.25) is 0 Å². The molecule has 4 aromatic rings. The predicted octanol–water partition coefficient (Wildman–Crippen LogP) is 2.27. The smallest absolute Gasteiger partial charge is 0.272 e. The Kier molecular flexibility index (Phi) is 4.92. The summed E-state index contributed by atoms with van der Waals surface area (Å²) in [5.74, 6) is -0.577. The van der Waals surface area contributed by atoms with Gasteiger partial charge in [-0.25, -0.2) is 19.2 Å². The second kappa shape index (κ2) is 7.89. The van der Waals surface area contributed by atoms with Gasteiger partial charge in [0.15, 0.2) is 0 Å². The Hall–Kier alpha value is -3.63. The van der Waals surface area contributed by atoms with Gasteiger partial charge in [0.1, 0.15) is 24.1 Å². The number of halogens is 1. The van der Waals surface area contributed by atoms with Crippen LogP contribution in [0.1, 0.15) is 35.5 Å². The fourth-order valence-corrected chi connectivity index (χ4v) is 4.00. The van der Waals surface area contributed by atoms with Gasteiger partial charge < -0.3 is 5.11 Å². The summed E-state index contributed by atoms with van der Waals surface area (Å²) in [6, 6.07) is 11.9. The molecule has 0 amide bonds. The van der Waals surface area contributed by atoms with Gasteiger partial charge in [-0.05, 0) is 24.1 Å². The third-order valence-electron chi connectivity index (χ3n) is 5.35. The average Bonchev–Trinajstić information content (AvgIpc) is 3.18. The molecule has 3 heterocycles. The number of anilines is 1. The third-order valence-corrected chi connectivity index (χ3v) is 5.35. The van der Waals surface area contributed by atoms with E-state index in [1.807, 2.05) is 30.3 Å². The summed E-state index contributed by atoms with van der Waals surface area (Å²) in [6.45, 7) is 0.452. The molecular formula is C21H19FN6O3. The molecule has 10 heteroatoms. The van der Waals surface area contributed by atoms with Crippen LogP contribution in [0.5, 0.6) is 0 Å². The van der Waals surface area contributed by atoms with Gasteiger partial charge in [-0.15, -0.1) is 0 Å². The molecule has 5 rings (SSSR count). The van der Waals surface area contributed by atoms with Gasteiger partial charge in [0.25, 0.3) is 5.56 Å². The summed E-state index contributed by atoms with van der Waals surface area (Å²) in [5, 5.41) is 21.0. The Morgan fingerprint density at radius 2 is 2.06 bits per heavy atom. The Bertz CT molecular complexity index is 1290. The quantitative estimate of drug-likeness (QED) is 0.452. The molecule has 158 valence electrons. The second-order valence-corrected chi connectivity index (χ2v) is 7.26. The zero-order valence-electron chi connectivity index (χ0n) is 16.3. The van der Waals surface area contributed by atoms with E-state index in [4.69, 9.17) is 4.84 Å². The molecular weight excluding hydrogens is 403 g/mol. The molecule has 2 atom stereocenters. The van der Waals surface area contributed by atoms with Gasteiger partial charge in [-0.2, -0.15) is 10.2 Å². The van der Waals surface area contributed by atoms with E-state index in [1.54, 1.807) is 4.68 Å². The van der Waals surface area contributed by atoms with Crippen molar-refractivity contribution in [2.24, 2.45) is 0 Å². The van der Waals surface area contributed by atoms with Crippen molar-refractivity contribution in [2.75, 3.05) is 12.1 Å². The summed E-state index contributed by atoms with van der Waals surface area (Å²) < 4.78 is 15.9. The molecule has 0 bridgehead atoms. The van der Waals surface area contributed by atoms with Gasteiger partial charge >= 0.3 is 0 Å². The molecule has 0 aliphatic carbocycles. The number of aliphatic hydroxyl groups is 1. The van der Waals surface area contributed by atoms with Crippen molar-refractivity contribution in [3.05, 3.63) is 82.0 Å². The van der Waals surface area contributed by atoms with E-state index >= 15 is 0 Å². The fraction of sp³-hybridized carbons (Fsp3) is 0.238. The summed E-state index contributed by atoms with van der Waals surface area (Å²) >= 11 is 0. The standard InChI is InChI=1S/C21H19FN6O3/c22-13-9-14-16-15(10-13)27-31-19(12-5-2-1-3-6-12)17(18(16)25-26-21(14)30)20-23-11-24-28(20)7-4-8-29/h1-3,5-6,9-11,17,19,27,29H,4,7-8H2,(H,26,30).